The molecule has 0 saturated heterocycles. The Labute approximate surface area is 94.5 Å². The summed E-state index contributed by atoms with van der Waals surface area (Å²) >= 11 is 8.80. The van der Waals surface area contributed by atoms with Gasteiger partial charge in [0.15, 0.2) is 5.69 Å². The zero-order valence-corrected chi connectivity index (χ0v) is 9.72. The fourth-order valence-corrected chi connectivity index (χ4v) is 1.48. The van der Waals surface area contributed by atoms with Gasteiger partial charge in [-0.1, -0.05) is 0 Å². The summed E-state index contributed by atoms with van der Waals surface area (Å²) in [6.45, 7) is 0. The van der Waals surface area contributed by atoms with E-state index in [0.717, 1.165) is 0 Å². The molecule has 0 fully saturated rings. The highest BCUT2D eigenvalue weighted by Gasteiger charge is 2.15. The quantitative estimate of drug-likeness (QED) is 0.664. The highest BCUT2D eigenvalue weighted by Crippen LogP contribution is 2.24. The van der Waals surface area contributed by atoms with Crippen molar-refractivity contribution >= 4 is 39.2 Å². The van der Waals surface area contributed by atoms with Crippen molar-refractivity contribution in [1.29, 1.82) is 0 Å². The predicted molar refractivity (Wildman–Crippen MR) is 57.2 cm³/mol. The van der Waals surface area contributed by atoms with Crippen molar-refractivity contribution < 1.29 is 9.53 Å². The molecule has 6 heteroatoms. The van der Waals surface area contributed by atoms with E-state index >= 15 is 0 Å². The van der Waals surface area contributed by atoms with Gasteiger partial charge >= 0.3 is 5.97 Å². The molecule has 1 aromatic heterocycles. The number of nitrogen functional groups attached to an aromatic ring is 1. The lowest BCUT2D eigenvalue weighted by Gasteiger charge is -2.06. The zero-order chi connectivity index (χ0) is 10.7. The van der Waals surface area contributed by atoms with Crippen molar-refractivity contribution in [2.45, 2.75) is 5.88 Å². The van der Waals surface area contributed by atoms with Crippen LogP contribution in [0.3, 0.4) is 0 Å². The minimum absolute atomic E-state index is 0.0810. The fraction of sp³-hybridized carbons (Fsp3) is 0.250. The van der Waals surface area contributed by atoms with Crippen LogP contribution in [0.2, 0.25) is 0 Å². The molecule has 0 aliphatic heterocycles. The number of aromatic nitrogens is 1. The third kappa shape index (κ3) is 2.16. The number of nitrogens with two attached hydrogens (primary N) is 1. The van der Waals surface area contributed by atoms with Crippen LogP contribution in [0.1, 0.15) is 16.2 Å². The highest BCUT2D eigenvalue weighted by atomic mass is 79.9. The number of alkyl halides is 1. The largest absolute Gasteiger partial charge is 0.464 e. The zero-order valence-electron chi connectivity index (χ0n) is 7.38. The second-order valence-corrected chi connectivity index (χ2v) is 3.60. The van der Waals surface area contributed by atoms with E-state index in [1.807, 2.05) is 0 Å². The first-order valence-corrected chi connectivity index (χ1v) is 5.02. The monoisotopic (exact) mass is 278 g/mol. The number of hydrogen-bond donors (Lipinski definition) is 1. The lowest BCUT2D eigenvalue weighted by Crippen LogP contribution is -2.10. The molecule has 0 aromatic carbocycles. The van der Waals surface area contributed by atoms with Crippen LogP contribution in [-0.4, -0.2) is 18.1 Å². The van der Waals surface area contributed by atoms with Crippen molar-refractivity contribution in [3.63, 3.8) is 0 Å². The second-order valence-electron chi connectivity index (χ2n) is 2.48. The topological polar surface area (TPSA) is 65.2 Å². The van der Waals surface area contributed by atoms with Gasteiger partial charge in [-0.3, -0.25) is 0 Å². The number of carbonyl (C=O) groups is 1. The van der Waals surface area contributed by atoms with Gasteiger partial charge in [0, 0.05) is 4.47 Å². The average molecular weight is 280 g/mol. The van der Waals surface area contributed by atoms with Crippen LogP contribution in [0, 0.1) is 0 Å². The third-order valence-corrected chi connectivity index (χ3v) is 2.51. The van der Waals surface area contributed by atoms with Crippen molar-refractivity contribution in [1.82, 2.24) is 4.98 Å². The van der Waals surface area contributed by atoms with Gasteiger partial charge in [0.2, 0.25) is 0 Å². The van der Waals surface area contributed by atoms with Gasteiger partial charge in [-0.05, 0) is 22.0 Å². The number of ether oxygens (including phenoxy) is 1. The maximum absolute atomic E-state index is 11.2. The van der Waals surface area contributed by atoms with E-state index in [4.69, 9.17) is 17.3 Å². The summed E-state index contributed by atoms with van der Waals surface area (Å²) in [7, 11) is 1.27. The molecule has 4 nitrogen and oxygen atoms in total. The van der Waals surface area contributed by atoms with Crippen LogP contribution in [0.5, 0.6) is 0 Å². The van der Waals surface area contributed by atoms with Gasteiger partial charge in [0.05, 0.1) is 24.4 Å². The molecule has 76 valence electrons. The van der Waals surface area contributed by atoms with Crippen LogP contribution >= 0.6 is 27.5 Å². The number of carbonyl (C=O) groups excluding carboxylic acids is 1. The van der Waals surface area contributed by atoms with E-state index < -0.39 is 5.97 Å². The molecule has 0 unspecified atom stereocenters. The lowest BCUT2D eigenvalue weighted by molar-refractivity contribution is 0.0595. The molecule has 0 aliphatic rings. The number of halogens is 2. The van der Waals surface area contributed by atoms with E-state index in [2.05, 4.69) is 25.7 Å². The minimum Gasteiger partial charge on any atom is -0.464 e. The Balaban J connectivity index is 3.27. The van der Waals surface area contributed by atoms with Crippen molar-refractivity contribution in [2.24, 2.45) is 0 Å². The number of pyridine rings is 1. The van der Waals surface area contributed by atoms with E-state index in [0.29, 0.717) is 10.2 Å². The first-order valence-electron chi connectivity index (χ1n) is 3.69. The summed E-state index contributed by atoms with van der Waals surface area (Å²) in [6.07, 6.45) is 0. The van der Waals surface area contributed by atoms with Crippen LogP contribution in [-0.2, 0) is 10.6 Å². The second kappa shape index (κ2) is 4.61. The van der Waals surface area contributed by atoms with Gasteiger partial charge in [-0.15, -0.1) is 11.6 Å². The SMILES string of the molecule is COC(=O)c1nc(CCl)cc(Br)c1N. The van der Waals surface area contributed by atoms with Crippen molar-refractivity contribution in [3.8, 4) is 0 Å². The summed E-state index contributed by atoms with van der Waals surface area (Å²) < 4.78 is 5.11. The van der Waals surface area contributed by atoms with Crippen molar-refractivity contribution in [3.05, 3.63) is 21.9 Å². The molecular weight excluding hydrogens is 271 g/mol. The molecule has 0 radical (unpaired) electrons. The lowest BCUT2D eigenvalue weighted by atomic mass is 10.2. The molecule has 0 saturated carbocycles. The van der Waals surface area contributed by atoms with E-state index in [-0.39, 0.29) is 17.3 Å². The Hall–Kier alpha value is -0.810. The number of hydrogen-bond acceptors (Lipinski definition) is 4. The van der Waals surface area contributed by atoms with Crippen LogP contribution in [0.4, 0.5) is 5.69 Å². The van der Waals surface area contributed by atoms with Gasteiger partial charge in [0.25, 0.3) is 0 Å². The molecule has 1 heterocycles. The molecule has 2 N–H and O–H groups in total. The first-order chi connectivity index (χ1) is 6.60. The van der Waals surface area contributed by atoms with E-state index in [1.54, 1.807) is 6.07 Å². The van der Waals surface area contributed by atoms with Crippen LogP contribution < -0.4 is 5.73 Å². The molecule has 0 aliphatic carbocycles. The molecule has 0 bridgehead atoms. The number of esters is 1. The number of anilines is 1. The Kier molecular flexibility index (Phi) is 3.71. The fourth-order valence-electron chi connectivity index (χ4n) is 0.894. The smallest absolute Gasteiger partial charge is 0.358 e. The Morgan fingerprint density at radius 3 is 2.93 bits per heavy atom. The summed E-state index contributed by atoms with van der Waals surface area (Å²) in [5.74, 6) is -0.363. The molecular formula is C8H8BrClN2O2. The van der Waals surface area contributed by atoms with Gasteiger partial charge < -0.3 is 10.5 Å². The van der Waals surface area contributed by atoms with Gasteiger partial charge in [0.1, 0.15) is 0 Å². The summed E-state index contributed by atoms with van der Waals surface area (Å²) in [5.41, 5.74) is 6.53. The summed E-state index contributed by atoms with van der Waals surface area (Å²) in [5, 5.41) is 0. The number of rotatable bonds is 2. The highest BCUT2D eigenvalue weighted by molar-refractivity contribution is 9.10. The Morgan fingerprint density at radius 2 is 2.43 bits per heavy atom. The van der Waals surface area contributed by atoms with E-state index in [9.17, 15) is 4.79 Å². The van der Waals surface area contributed by atoms with Gasteiger partial charge in [-0.2, -0.15) is 0 Å². The minimum atomic E-state index is -0.574. The Bertz CT molecular complexity index is 371. The summed E-state index contributed by atoms with van der Waals surface area (Å²) in [4.78, 5) is 15.2. The maximum atomic E-state index is 11.2. The standard InChI is InChI=1S/C8H8BrClN2O2/c1-14-8(13)7-6(11)5(9)2-4(3-10)12-7/h2H,3,11H2,1H3. The molecule has 1 rings (SSSR count). The third-order valence-electron chi connectivity index (χ3n) is 1.58. The van der Waals surface area contributed by atoms with Crippen LogP contribution in [0.15, 0.2) is 10.5 Å². The molecule has 0 amide bonds. The number of methoxy groups -OCH3 is 1. The van der Waals surface area contributed by atoms with Crippen molar-refractivity contribution in [2.75, 3.05) is 12.8 Å². The van der Waals surface area contributed by atoms with E-state index in [1.165, 1.54) is 7.11 Å². The maximum Gasteiger partial charge on any atom is 0.358 e. The molecule has 14 heavy (non-hydrogen) atoms. The Morgan fingerprint density at radius 1 is 1.79 bits per heavy atom. The average Bonchev–Trinajstić information content (AvgIpc) is 2.20. The molecule has 0 spiro atoms. The first kappa shape index (κ1) is 11.3. The normalized spacial score (nSPS) is 9.93. The molecule has 1 aromatic rings. The summed E-state index contributed by atoms with van der Waals surface area (Å²) in [6, 6.07) is 1.66. The van der Waals surface area contributed by atoms with Gasteiger partial charge in [-0.25, -0.2) is 9.78 Å². The number of nitrogens with zero attached hydrogens (tertiary/aromatic N) is 1. The van der Waals surface area contributed by atoms with Crippen LogP contribution in [0.25, 0.3) is 0 Å². The predicted octanol–water partition coefficient (Wildman–Crippen LogP) is 1.95. The molecule has 0 atom stereocenters.